The van der Waals surface area contributed by atoms with Gasteiger partial charge in [-0.25, -0.2) is 4.39 Å². The van der Waals surface area contributed by atoms with Crippen LogP contribution in [0.15, 0.2) is 27.8 Å². The average molecular weight is 343 g/mol. The molecule has 1 saturated heterocycles. The molecule has 0 bridgehead atoms. The minimum absolute atomic E-state index is 0.00782. The summed E-state index contributed by atoms with van der Waals surface area (Å²) in [5.41, 5.74) is 0.704. The zero-order valence-electron chi connectivity index (χ0n) is 13.1. The predicted octanol–water partition coefficient (Wildman–Crippen LogP) is 0.809. The molecule has 25 heavy (non-hydrogen) atoms. The van der Waals surface area contributed by atoms with Gasteiger partial charge in [0.05, 0.1) is 34.6 Å². The van der Waals surface area contributed by atoms with Gasteiger partial charge in [0.1, 0.15) is 0 Å². The molecule has 1 amide bonds. The number of halogens is 1. The number of fused-ring (bicyclic) bond motifs is 1. The Kier molecular flexibility index (Phi) is 3.80. The van der Waals surface area contributed by atoms with Gasteiger partial charge in [-0.2, -0.15) is 5.11 Å². The van der Waals surface area contributed by atoms with Gasteiger partial charge in [-0.05, 0) is 5.22 Å². The zero-order chi connectivity index (χ0) is 17.4. The van der Waals surface area contributed by atoms with Crippen LogP contribution >= 0.6 is 0 Å². The summed E-state index contributed by atoms with van der Waals surface area (Å²) in [4.78, 5) is 33.4. The van der Waals surface area contributed by atoms with E-state index in [1.165, 1.54) is 17.3 Å². The molecule has 2 aromatic rings. The summed E-state index contributed by atoms with van der Waals surface area (Å²) in [6.45, 7) is 2.14. The molecular formula is C15H14FN7O2. The van der Waals surface area contributed by atoms with Crippen molar-refractivity contribution in [2.24, 2.45) is 15.4 Å². The van der Waals surface area contributed by atoms with Crippen molar-refractivity contribution in [1.29, 1.82) is 0 Å². The van der Waals surface area contributed by atoms with Gasteiger partial charge in [-0.3, -0.25) is 14.6 Å². The van der Waals surface area contributed by atoms with Crippen LogP contribution in [0, 0.1) is 5.82 Å². The second kappa shape index (κ2) is 6.13. The number of carbonyl (C=O) groups is 2. The highest BCUT2D eigenvalue weighted by Crippen LogP contribution is 2.29. The van der Waals surface area contributed by atoms with E-state index in [0.29, 0.717) is 37.4 Å². The molecule has 1 atom stereocenters. The molecule has 128 valence electrons. The SMILES string of the molecule is O=C(C(=O)N1CCNCC1)c1c[nH]c2c(C3C=NN=N3)ncc(F)c12. The Morgan fingerprint density at radius 3 is 2.80 bits per heavy atom. The summed E-state index contributed by atoms with van der Waals surface area (Å²) in [5, 5.41) is 14.2. The van der Waals surface area contributed by atoms with Crippen LogP contribution in [0.5, 0.6) is 0 Å². The van der Waals surface area contributed by atoms with Crippen LogP contribution in [-0.2, 0) is 4.79 Å². The van der Waals surface area contributed by atoms with E-state index in [9.17, 15) is 14.0 Å². The molecule has 2 aliphatic heterocycles. The molecule has 0 spiro atoms. The summed E-state index contributed by atoms with van der Waals surface area (Å²) >= 11 is 0. The van der Waals surface area contributed by atoms with Crippen molar-refractivity contribution < 1.29 is 14.0 Å². The van der Waals surface area contributed by atoms with Crippen molar-refractivity contribution in [3.63, 3.8) is 0 Å². The molecule has 9 nitrogen and oxygen atoms in total. The predicted molar refractivity (Wildman–Crippen MR) is 85.9 cm³/mol. The summed E-state index contributed by atoms with van der Waals surface area (Å²) in [5.74, 6) is -2.06. The number of Topliss-reactive ketones (excluding diaryl/α,β-unsaturated/α-hetero) is 1. The van der Waals surface area contributed by atoms with Crippen molar-refractivity contribution in [3.8, 4) is 0 Å². The highest BCUT2D eigenvalue weighted by Gasteiger charge is 2.29. The molecular weight excluding hydrogens is 329 g/mol. The van der Waals surface area contributed by atoms with Crippen LogP contribution in [0.1, 0.15) is 22.1 Å². The van der Waals surface area contributed by atoms with E-state index in [1.54, 1.807) is 0 Å². The number of rotatable bonds is 3. The Morgan fingerprint density at radius 1 is 1.28 bits per heavy atom. The Bertz CT molecular complexity index is 902. The lowest BCUT2D eigenvalue weighted by atomic mass is 10.1. The molecule has 2 aromatic heterocycles. The summed E-state index contributed by atoms with van der Waals surface area (Å²) in [7, 11) is 0. The van der Waals surface area contributed by atoms with E-state index in [4.69, 9.17) is 0 Å². The van der Waals surface area contributed by atoms with Gasteiger partial charge in [0.2, 0.25) is 0 Å². The topological polar surface area (TPSA) is 115 Å². The molecule has 0 radical (unpaired) electrons. The van der Waals surface area contributed by atoms with Crippen molar-refractivity contribution >= 4 is 28.8 Å². The third-order valence-electron chi connectivity index (χ3n) is 4.25. The van der Waals surface area contributed by atoms with Gasteiger partial charge in [-0.15, -0.1) is 5.10 Å². The number of carbonyl (C=O) groups excluding carboxylic acids is 2. The summed E-state index contributed by atoms with van der Waals surface area (Å²) in [6.07, 6.45) is 3.82. The Hall–Kier alpha value is -3.01. The number of piperazine rings is 1. The maximum Gasteiger partial charge on any atom is 0.295 e. The van der Waals surface area contributed by atoms with Crippen molar-refractivity contribution in [2.75, 3.05) is 26.2 Å². The number of aromatic nitrogens is 2. The van der Waals surface area contributed by atoms with E-state index in [0.717, 1.165) is 6.20 Å². The van der Waals surface area contributed by atoms with Crippen LogP contribution in [0.25, 0.3) is 10.9 Å². The maximum absolute atomic E-state index is 14.4. The van der Waals surface area contributed by atoms with E-state index in [1.807, 2.05) is 0 Å². The largest absolute Gasteiger partial charge is 0.359 e. The fraction of sp³-hybridized carbons (Fsp3) is 0.333. The van der Waals surface area contributed by atoms with Gasteiger partial charge >= 0.3 is 0 Å². The van der Waals surface area contributed by atoms with Crippen molar-refractivity contribution in [2.45, 2.75) is 6.04 Å². The van der Waals surface area contributed by atoms with Crippen LogP contribution in [-0.4, -0.2) is 59.0 Å². The smallest absolute Gasteiger partial charge is 0.295 e. The van der Waals surface area contributed by atoms with Crippen LogP contribution in [0.2, 0.25) is 0 Å². The molecule has 2 aliphatic rings. The first-order valence-electron chi connectivity index (χ1n) is 7.80. The van der Waals surface area contributed by atoms with Crippen LogP contribution in [0.3, 0.4) is 0 Å². The van der Waals surface area contributed by atoms with E-state index >= 15 is 0 Å². The first kappa shape index (κ1) is 15.5. The number of nitrogens with zero attached hydrogens (tertiary/aromatic N) is 5. The lowest BCUT2D eigenvalue weighted by Crippen LogP contribution is -2.48. The highest BCUT2D eigenvalue weighted by atomic mass is 19.1. The fourth-order valence-electron chi connectivity index (χ4n) is 2.99. The van der Waals surface area contributed by atoms with Gasteiger partial charge in [0.25, 0.3) is 11.7 Å². The molecule has 10 heteroatoms. The van der Waals surface area contributed by atoms with E-state index < -0.39 is 23.5 Å². The van der Waals surface area contributed by atoms with Crippen LogP contribution in [0.4, 0.5) is 4.39 Å². The Morgan fingerprint density at radius 2 is 2.08 bits per heavy atom. The molecule has 0 aromatic carbocycles. The second-order valence-electron chi connectivity index (χ2n) is 5.73. The molecule has 1 fully saturated rings. The standard InChI is InChI=1S/C15H14FN7O2/c16-9-6-19-12(10-7-20-22-21-10)13-11(9)8(5-18-13)14(24)15(25)23-3-1-17-2-4-23/h5-7,10,17-18H,1-4H2. The van der Waals surface area contributed by atoms with Gasteiger partial charge < -0.3 is 15.2 Å². The number of hydrogen-bond donors (Lipinski definition) is 2. The first-order chi connectivity index (χ1) is 12.2. The molecule has 0 aliphatic carbocycles. The number of nitrogens with one attached hydrogen (secondary N) is 2. The molecule has 0 saturated carbocycles. The second-order valence-corrected chi connectivity index (χ2v) is 5.73. The van der Waals surface area contributed by atoms with Crippen molar-refractivity contribution in [3.05, 3.63) is 29.5 Å². The van der Waals surface area contributed by atoms with Gasteiger partial charge in [0, 0.05) is 32.4 Å². The molecule has 4 heterocycles. The van der Waals surface area contributed by atoms with Crippen LogP contribution < -0.4 is 5.32 Å². The number of aromatic amines is 1. The van der Waals surface area contributed by atoms with E-state index in [-0.39, 0.29) is 10.9 Å². The Balaban J connectivity index is 1.74. The minimum atomic E-state index is -0.745. The minimum Gasteiger partial charge on any atom is -0.359 e. The summed E-state index contributed by atoms with van der Waals surface area (Å²) < 4.78 is 14.4. The quantitative estimate of drug-likeness (QED) is 0.634. The third-order valence-corrected chi connectivity index (χ3v) is 4.25. The molecule has 4 rings (SSSR count). The normalized spacial score (nSPS) is 19.7. The monoisotopic (exact) mass is 343 g/mol. The lowest BCUT2D eigenvalue weighted by molar-refractivity contribution is -0.126. The third kappa shape index (κ3) is 2.60. The zero-order valence-corrected chi connectivity index (χ0v) is 13.1. The Labute approximate surface area is 141 Å². The fourth-order valence-corrected chi connectivity index (χ4v) is 2.99. The number of H-pyrrole nitrogens is 1. The highest BCUT2D eigenvalue weighted by molar-refractivity contribution is 6.44. The van der Waals surface area contributed by atoms with E-state index in [2.05, 4.69) is 30.7 Å². The molecule has 1 unspecified atom stereocenters. The number of amides is 1. The number of pyridine rings is 1. The summed E-state index contributed by atoms with van der Waals surface area (Å²) in [6, 6.07) is -0.548. The first-order valence-corrected chi connectivity index (χ1v) is 7.80. The number of hydrogen-bond acceptors (Lipinski definition) is 7. The number of ketones is 1. The van der Waals surface area contributed by atoms with Gasteiger partial charge in [0.15, 0.2) is 11.9 Å². The van der Waals surface area contributed by atoms with Crippen molar-refractivity contribution in [1.82, 2.24) is 20.2 Å². The average Bonchev–Trinajstić information content (AvgIpc) is 3.32. The van der Waals surface area contributed by atoms with Gasteiger partial charge in [-0.1, -0.05) is 0 Å². The maximum atomic E-state index is 14.4. The lowest BCUT2D eigenvalue weighted by Gasteiger charge is -2.26. The molecule has 2 N–H and O–H groups in total.